The van der Waals surface area contributed by atoms with Crippen molar-refractivity contribution in [1.82, 2.24) is 9.62 Å². The average Bonchev–Trinajstić information content (AvgIpc) is 2.99. The molecule has 0 saturated heterocycles. The summed E-state index contributed by atoms with van der Waals surface area (Å²) in [6, 6.07) is 5.33. The van der Waals surface area contributed by atoms with Gasteiger partial charge in [0.25, 0.3) is 0 Å². The molecular weight excluding hydrogens is 296 g/mol. The summed E-state index contributed by atoms with van der Waals surface area (Å²) in [7, 11) is -0.0787. The van der Waals surface area contributed by atoms with Crippen molar-refractivity contribution in [1.29, 1.82) is 0 Å². The molecule has 20 heavy (non-hydrogen) atoms. The van der Waals surface area contributed by atoms with Gasteiger partial charge in [0.05, 0.1) is 11.4 Å². The van der Waals surface area contributed by atoms with E-state index in [4.69, 9.17) is 4.42 Å². The van der Waals surface area contributed by atoms with E-state index < -0.39 is 10.0 Å². The standard InChI is InChI=1S/C13H18N2O3S2/c1-10-4-5-11(18-10)8-15(3)20(16,17)13-6-12(7-14-2)19-9-13/h4-6,9,14H,7-8H2,1-3H3. The summed E-state index contributed by atoms with van der Waals surface area (Å²) >= 11 is 1.44. The van der Waals surface area contributed by atoms with Crippen molar-refractivity contribution in [3.63, 3.8) is 0 Å². The smallest absolute Gasteiger partial charge is 0.244 e. The molecule has 2 rings (SSSR count). The Morgan fingerprint density at radius 1 is 1.40 bits per heavy atom. The molecule has 0 spiro atoms. The highest BCUT2D eigenvalue weighted by molar-refractivity contribution is 7.89. The average molecular weight is 314 g/mol. The lowest BCUT2D eigenvalue weighted by atomic mass is 10.4. The largest absolute Gasteiger partial charge is 0.465 e. The van der Waals surface area contributed by atoms with Crippen LogP contribution in [0.15, 0.2) is 32.9 Å². The van der Waals surface area contributed by atoms with Gasteiger partial charge in [-0.2, -0.15) is 4.31 Å². The number of nitrogens with zero attached hydrogens (tertiary/aromatic N) is 1. The van der Waals surface area contributed by atoms with Crippen molar-refractivity contribution in [3.8, 4) is 0 Å². The molecule has 0 fully saturated rings. The first-order chi connectivity index (χ1) is 9.43. The van der Waals surface area contributed by atoms with Gasteiger partial charge in [-0.25, -0.2) is 8.42 Å². The third-order valence-electron chi connectivity index (χ3n) is 2.86. The molecule has 1 N–H and O–H groups in total. The second kappa shape index (κ2) is 6.09. The third kappa shape index (κ3) is 3.29. The number of hydrogen-bond acceptors (Lipinski definition) is 5. The van der Waals surface area contributed by atoms with Gasteiger partial charge in [0, 0.05) is 23.8 Å². The normalized spacial score (nSPS) is 12.2. The number of rotatable bonds is 6. The number of aryl methyl sites for hydroxylation is 1. The molecule has 0 radical (unpaired) electrons. The number of thiophene rings is 1. The van der Waals surface area contributed by atoms with E-state index in [1.54, 1.807) is 24.6 Å². The van der Waals surface area contributed by atoms with Crippen molar-refractivity contribution in [2.45, 2.75) is 24.9 Å². The molecule has 0 saturated carbocycles. The van der Waals surface area contributed by atoms with Gasteiger partial charge in [-0.05, 0) is 32.2 Å². The minimum atomic E-state index is -3.47. The maximum Gasteiger partial charge on any atom is 0.244 e. The Morgan fingerprint density at radius 2 is 2.15 bits per heavy atom. The highest BCUT2D eigenvalue weighted by Gasteiger charge is 2.23. The van der Waals surface area contributed by atoms with E-state index in [1.807, 2.05) is 20.0 Å². The molecule has 0 aromatic carbocycles. The fourth-order valence-electron chi connectivity index (χ4n) is 1.82. The van der Waals surface area contributed by atoms with Crippen LogP contribution in [0.1, 0.15) is 16.4 Å². The van der Waals surface area contributed by atoms with Crippen molar-refractivity contribution in [2.75, 3.05) is 14.1 Å². The lowest BCUT2D eigenvalue weighted by Gasteiger charge is -2.14. The van der Waals surface area contributed by atoms with Crippen LogP contribution in [-0.2, 0) is 23.1 Å². The predicted octanol–water partition coefficient (Wildman–Crippen LogP) is 2.19. The second-order valence-electron chi connectivity index (χ2n) is 4.55. The molecule has 0 unspecified atom stereocenters. The van der Waals surface area contributed by atoms with Crippen LogP contribution in [0, 0.1) is 6.92 Å². The molecule has 2 aromatic rings. The monoisotopic (exact) mass is 314 g/mol. The van der Waals surface area contributed by atoms with E-state index in [1.165, 1.54) is 15.6 Å². The highest BCUT2D eigenvalue weighted by Crippen LogP contribution is 2.23. The Kier molecular flexibility index (Phi) is 4.64. The lowest BCUT2D eigenvalue weighted by molar-refractivity contribution is 0.397. The summed E-state index contributed by atoms with van der Waals surface area (Å²) < 4.78 is 31.6. The summed E-state index contributed by atoms with van der Waals surface area (Å²) in [6.45, 7) is 2.73. The molecule has 7 heteroatoms. The van der Waals surface area contributed by atoms with Crippen LogP contribution in [-0.4, -0.2) is 26.8 Å². The zero-order valence-electron chi connectivity index (χ0n) is 11.7. The van der Waals surface area contributed by atoms with E-state index in [-0.39, 0.29) is 6.54 Å². The number of sulfonamides is 1. The second-order valence-corrected chi connectivity index (χ2v) is 7.59. The van der Waals surface area contributed by atoms with Crippen LogP contribution in [0.3, 0.4) is 0 Å². The van der Waals surface area contributed by atoms with Crippen LogP contribution in [0.25, 0.3) is 0 Å². The molecule has 0 bridgehead atoms. The summed E-state index contributed by atoms with van der Waals surface area (Å²) in [5.74, 6) is 1.41. The van der Waals surface area contributed by atoms with Crippen LogP contribution in [0.4, 0.5) is 0 Å². The molecule has 2 heterocycles. The van der Waals surface area contributed by atoms with Gasteiger partial charge >= 0.3 is 0 Å². The zero-order chi connectivity index (χ0) is 14.8. The maximum absolute atomic E-state index is 12.4. The van der Waals surface area contributed by atoms with Crippen molar-refractivity contribution in [3.05, 3.63) is 40.0 Å². The predicted molar refractivity (Wildman–Crippen MR) is 79.2 cm³/mol. The Balaban J connectivity index is 2.15. The Bertz CT molecular complexity index is 673. The van der Waals surface area contributed by atoms with E-state index in [9.17, 15) is 8.42 Å². The van der Waals surface area contributed by atoms with Crippen LogP contribution < -0.4 is 5.32 Å². The molecule has 0 aliphatic heterocycles. The van der Waals surface area contributed by atoms with Gasteiger partial charge in [-0.1, -0.05) is 0 Å². The number of nitrogens with one attached hydrogen (secondary N) is 1. The van der Waals surface area contributed by atoms with Gasteiger partial charge in [0.1, 0.15) is 11.5 Å². The molecule has 5 nitrogen and oxygen atoms in total. The highest BCUT2D eigenvalue weighted by atomic mass is 32.2. The Labute approximate surface area is 123 Å². The Hall–Kier alpha value is -1.15. The summed E-state index contributed by atoms with van der Waals surface area (Å²) in [6.07, 6.45) is 0. The van der Waals surface area contributed by atoms with Crippen molar-refractivity contribution in [2.24, 2.45) is 0 Å². The maximum atomic E-state index is 12.4. The Morgan fingerprint density at radius 3 is 2.75 bits per heavy atom. The van der Waals surface area contributed by atoms with E-state index in [2.05, 4.69) is 5.32 Å². The summed E-state index contributed by atoms with van der Waals surface area (Å²) in [5, 5.41) is 4.68. The fourth-order valence-corrected chi connectivity index (χ4v) is 4.23. The van der Waals surface area contributed by atoms with Crippen LogP contribution in [0.2, 0.25) is 0 Å². The van der Waals surface area contributed by atoms with Gasteiger partial charge in [0.15, 0.2) is 0 Å². The molecule has 2 aromatic heterocycles. The summed E-state index contributed by atoms with van der Waals surface area (Å²) in [5.41, 5.74) is 0. The topological polar surface area (TPSA) is 62.6 Å². The third-order valence-corrected chi connectivity index (χ3v) is 5.73. The molecule has 110 valence electrons. The quantitative estimate of drug-likeness (QED) is 0.888. The van der Waals surface area contributed by atoms with Crippen molar-refractivity contribution >= 4 is 21.4 Å². The van der Waals surface area contributed by atoms with Gasteiger partial charge in [0.2, 0.25) is 10.0 Å². The SMILES string of the molecule is CNCc1cc(S(=O)(=O)N(C)Cc2ccc(C)o2)cs1. The van der Waals surface area contributed by atoms with E-state index in [0.29, 0.717) is 17.2 Å². The van der Waals surface area contributed by atoms with Gasteiger partial charge in [-0.15, -0.1) is 11.3 Å². The molecule has 0 aliphatic carbocycles. The zero-order valence-corrected chi connectivity index (χ0v) is 13.3. The minimum Gasteiger partial charge on any atom is -0.465 e. The molecular formula is C13H18N2O3S2. The first-order valence-electron chi connectivity index (χ1n) is 6.17. The van der Waals surface area contributed by atoms with E-state index >= 15 is 0 Å². The summed E-state index contributed by atoms with van der Waals surface area (Å²) in [4.78, 5) is 1.33. The fraction of sp³-hybridized carbons (Fsp3) is 0.385. The first kappa shape index (κ1) is 15.2. The van der Waals surface area contributed by atoms with Gasteiger partial charge in [-0.3, -0.25) is 0 Å². The van der Waals surface area contributed by atoms with Gasteiger partial charge < -0.3 is 9.73 Å². The van der Waals surface area contributed by atoms with Crippen molar-refractivity contribution < 1.29 is 12.8 Å². The molecule has 0 amide bonds. The molecule has 0 atom stereocenters. The number of furan rings is 1. The molecule has 0 aliphatic rings. The first-order valence-corrected chi connectivity index (χ1v) is 8.49. The number of hydrogen-bond donors (Lipinski definition) is 1. The van der Waals surface area contributed by atoms with E-state index in [0.717, 1.165) is 10.6 Å². The lowest BCUT2D eigenvalue weighted by Crippen LogP contribution is -2.26. The van der Waals surface area contributed by atoms with Crippen LogP contribution >= 0.6 is 11.3 Å². The minimum absolute atomic E-state index is 0.230. The van der Waals surface area contributed by atoms with Crippen LogP contribution in [0.5, 0.6) is 0 Å².